The first-order valence-corrected chi connectivity index (χ1v) is 14.7. The number of ketones is 1. The number of amides is 1. The number of ether oxygens (including phenoxy) is 2. The maximum atomic E-state index is 13.7. The quantitative estimate of drug-likeness (QED) is 0.222. The van der Waals surface area contributed by atoms with Gasteiger partial charge < -0.3 is 20.3 Å². The summed E-state index contributed by atoms with van der Waals surface area (Å²) in [6.45, 7) is 5.20. The second kappa shape index (κ2) is 11.1. The predicted molar refractivity (Wildman–Crippen MR) is 163 cm³/mol. The van der Waals surface area contributed by atoms with E-state index in [1.54, 1.807) is 50.4 Å². The van der Waals surface area contributed by atoms with E-state index in [9.17, 15) is 19.1 Å². The van der Waals surface area contributed by atoms with Crippen molar-refractivity contribution in [2.75, 3.05) is 6.61 Å². The Hall–Kier alpha value is -4.63. The van der Waals surface area contributed by atoms with Crippen LogP contribution in [0.1, 0.15) is 66.8 Å². The highest BCUT2D eigenvalue weighted by atomic mass is 19.1. The number of benzene rings is 2. The largest absolute Gasteiger partial charge is 0.490 e. The summed E-state index contributed by atoms with van der Waals surface area (Å²) >= 11 is 0. The monoisotopic (exact) mass is 595 g/mol. The Labute approximate surface area is 255 Å². The van der Waals surface area contributed by atoms with Crippen LogP contribution in [0.25, 0.3) is 22.4 Å². The lowest BCUT2D eigenvalue weighted by Gasteiger charge is -2.26. The SMILES string of the molecule is Cc1ncccc1-c1ccc(C(=O)CC[C@](C)(O)c2cc3c(c(-c4ccc(F)cc4)n2)OC[C@]3(C)C(N)=O)cc1OC1CC1. The highest BCUT2D eigenvalue weighted by molar-refractivity contribution is 5.97. The fourth-order valence-corrected chi connectivity index (χ4v) is 5.45. The van der Waals surface area contributed by atoms with Crippen molar-refractivity contribution >= 4 is 11.7 Å². The van der Waals surface area contributed by atoms with Gasteiger partial charge in [-0.1, -0.05) is 12.1 Å². The molecule has 2 aliphatic rings. The van der Waals surface area contributed by atoms with Crippen molar-refractivity contribution in [3.63, 3.8) is 0 Å². The van der Waals surface area contributed by atoms with Crippen LogP contribution in [-0.4, -0.2) is 39.5 Å². The van der Waals surface area contributed by atoms with Gasteiger partial charge in [0.25, 0.3) is 0 Å². The van der Waals surface area contributed by atoms with E-state index in [4.69, 9.17) is 20.2 Å². The fourth-order valence-electron chi connectivity index (χ4n) is 5.45. The molecule has 1 aliphatic heterocycles. The Balaban J connectivity index is 1.30. The fraction of sp³-hybridized carbons (Fsp3) is 0.314. The zero-order chi connectivity index (χ0) is 31.2. The molecule has 1 fully saturated rings. The van der Waals surface area contributed by atoms with Gasteiger partial charge in [0, 0.05) is 46.1 Å². The molecule has 0 bridgehead atoms. The first-order valence-electron chi connectivity index (χ1n) is 14.7. The summed E-state index contributed by atoms with van der Waals surface area (Å²) in [5.74, 6) is -0.158. The number of hydrogen-bond donors (Lipinski definition) is 2. The van der Waals surface area contributed by atoms with E-state index in [0.717, 1.165) is 29.7 Å². The van der Waals surface area contributed by atoms with Crippen LogP contribution >= 0.6 is 0 Å². The molecule has 2 aromatic carbocycles. The smallest absolute Gasteiger partial charge is 0.231 e. The van der Waals surface area contributed by atoms with E-state index in [1.165, 1.54) is 12.1 Å². The molecule has 2 atom stereocenters. The average Bonchev–Trinajstić information content (AvgIpc) is 3.76. The summed E-state index contributed by atoms with van der Waals surface area (Å²) in [6.07, 6.45) is 3.89. The lowest BCUT2D eigenvalue weighted by atomic mass is 9.81. The Morgan fingerprint density at radius 1 is 1.14 bits per heavy atom. The molecule has 9 heteroatoms. The number of primary amides is 1. The number of pyridine rings is 2. The molecule has 1 saturated carbocycles. The molecule has 4 aromatic rings. The van der Waals surface area contributed by atoms with Crippen molar-refractivity contribution in [2.24, 2.45) is 5.73 Å². The summed E-state index contributed by atoms with van der Waals surface area (Å²) < 4.78 is 25.8. The Morgan fingerprint density at radius 3 is 2.57 bits per heavy atom. The number of carbonyl (C=O) groups excluding carboxylic acids is 2. The first kappa shape index (κ1) is 29.4. The van der Waals surface area contributed by atoms with Crippen LogP contribution in [0.5, 0.6) is 11.5 Å². The van der Waals surface area contributed by atoms with Crippen molar-refractivity contribution in [3.8, 4) is 33.9 Å². The van der Waals surface area contributed by atoms with Crippen LogP contribution in [0.4, 0.5) is 4.39 Å². The second-order valence-electron chi connectivity index (χ2n) is 12.1. The molecular weight excluding hydrogens is 561 g/mol. The van der Waals surface area contributed by atoms with E-state index < -0.39 is 22.7 Å². The predicted octanol–water partition coefficient (Wildman–Crippen LogP) is 5.81. The molecule has 8 nitrogen and oxygen atoms in total. The highest BCUT2D eigenvalue weighted by Gasteiger charge is 2.45. The first-order chi connectivity index (χ1) is 21.0. The van der Waals surface area contributed by atoms with Gasteiger partial charge >= 0.3 is 0 Å². The lowest BCUT2D eigenvalue weighted by molar-refractivity contribution is -0.123. The van der Waals surface area contributed by atoms with E-state index in [1.807, 2.05) is 25.1 Å². The minimum Gasteiger partial charge on any atom is -0.490 e. The van der Waals surface area contributed by atoms with E-state index in [0.29, 0.717) is 33.9 Å². The topological polar surface area (TPSA) is 125 Å². The van der Waals surface area contributed by atoms with Crippen LogP contribution in [0.2, 0.25) is 0 Å². The molecule has 3 N–H and O–H groups in total. The maximum absolute atomic E-state index is 13.7. The normalized spacial score (nSPS) is 18.7. The van der Waals surface area contributed by atoms with Crippen LogP contribution in [0.15, 0.2) is 66.9 Å². The Kier molecular flexibility index (Phi) is 7.45. The van der Waals surface area contributed by atoms with Crippen molar-refractivity contribution in [3.05, 3.63) is 95.2 Å². The van der Waals surface area contributed by atoms with Gasteiger partial charge in [0.05, 0.1) is 11.8 Å². The average molecular weight is 596 g/mol. The number of Topliss-reactive ketones (excluding diaryl/α,β-unsaturated/α-hetero) is 1. The maximum Gasteiger partial charge on any atom is 0.231 e. The summed E-state index contributed by atoms with van der Waals surface area (Å²) in [5.41, 5.74) is 7.87. The lowest BCUT2D eigenvalue weighted by Crippen LogP contribution is -2.40. The molecular formula is C35H34FN3O5. The zero-order valence-electron chi connectivity index (χ0n) is 24.9. The molecule has 6 rings (SSSR count). The van der Waals surface area contributed by atoms with Crippen molar-refractivity contribution in [1.29, 1.82) is 0 Å². The standard InChI is InChI=1S/C35H34FN3O5/c1-20-25(5-4-16-38-20)26-13-8-22(17-29(26)44-24-11-12-24)28(40)14-15-35(3,42)30-18-27-32(43-19-34(27,2)33(37)41)31(39-30)21-6-9-23(36)10-7-21/h4-10,13,16-18,24,42H,11-12,14-15,19H2,1-3H3,(H2,37,41)/t34-,35-/m0/s1. The molecule has 0 radical (unpaired) electrons. The molecule has 3 heterocycles. The van der Waals surface area contributed by atoms with Crippen molar-refractivity contribution in [1.82, 2.24) is 9.97 Å². The molecule has 0 spiro atoms. The molecule has 226 valence electrons. The molecule has 1 amide bonds. The van der Waals surface area contributed by atoms with Crippen LogP contribution in [0.3, 0.4) is 0 Å². The highest BCUT2D eigenvalue weighted by Crippen LogP contribution is 2.46. The molecule has 2 aromatic heterocycles. The van der Waals surface area contributed by atoms with Gasteiger partial charge in [-0.15, -0.1) is 0 Å². The number of nitrogens with zero attached hydrogens (tertiary/aromatic N) is 2. The van der Waals surface area contributed by atoms with Gasteiger partial charge in [-0.3, -0.25) is 14.6 Å². The Bertz CT molecular complexity index is 1770. The van der Waals surface area contributed by atoms with E-state index in [2.05, 4.69) is 4.98 Å². The van der Waals surface area contributed by atoms with Gasteiger partial charge in [0.2, 0.25) is 5.91 Å². The number of aliphatic hydroxyl groups is 1. The molecule has 0 saturated heterocycles. The third-order valence-electron chi connectivity index (χ3n) is 8.54. The summed E-state index contributed by atoms with van der Waals surface area (Å²) in [7, 11) is 0. The third kappa shape index (κ3) is 5.55. The summed E-state index contributed by atoms with van der Waals surface area (Å²) in [4.78, 5) is 35.1. The van der Waals surface area contributed by atoms with Gasteiger partial charge in [-0.25, -0.2) is 9.37 Å². The van der Waals surface area contributed by atoms with E-state index in [-0.39, 0.29) is 37.0 Å². The summed E-state index contributed by atoms with van der Waals surface area (Å²) in [6, 6.07) is 16.6. The summed E-state index contributed by atoms with van der Waals surface area (Å²) in [5, 5.41) is 11.7. The van der Waals surface area contributed by atoms with Gasteiger partial charge in [-0.05, 0) is 88.6 Å². The zero-order valence-corrected chi connectivity index (χ0v) is 24.9. The number of nitrogens with two attached hydrogens (primary N) is 1. The van der Waals surface area contributed by atoms with Crippen molar-refractivity contribution < 1.29 is 28.6 Å². The number of aromatic nitrogens is 2. The number of halogens is 1. The third-order valence-corrected chi connectivity index (χ3v) is 8.54. The Morgan fingerprint density at radius 2 is 1.89 bits per heavy atom. The van der Waals surface area contributed by atoms with E-state index >= 15 is 0 Å². The second-order valence-corrected chi connectivity index (χ2v) is 12.1. The number of hydrogen-bond acceptors (Lipinski definition) is 7. The van der Waals surface area contributed by atoms with Gasteiger partial charge in [0.1, 0.15) is 40.6 Å². The van der Waals surface area contributed by atoms with Gasteiger partial charge in [0.15, 0.2) is 5.78 Å². The molecule has 1 aliphatic carbocycles. The minimum atomic E-state index is -1.55. The minimum absolute atomic E-state index is 0.0114. The number of aryl methyl sites for hydroxylation is 1. The molecule has 44 heavy (non-hydrogen) atoms. The van der Waals surface area contributed by atoms with Crippen LogP contribution < -0.4 is 15.2 Å². The number of rotatable bonds is 10. The van der Waals surface area contributed by atoms with Crippen LogP contribution in [0, 0.1) is 12.7 Å². The number of fused-ring (bicyclic) bond motifs is 1. The van der Waals surface area contributed by atoms with Crippen molar-refractivity contribution in [2.45, 2.75) is 63.6 Å². The van der Waals surface area contributed by atoms with Gasteiger partial charge in [-0.2, -0.15) is 0 Å². The van der Waals surface area contributed by atoms with Crippen LogP contribution in [-0.2, 0) is 15.8 Å². The molecule has 0 unspecified atom stereocenters. The number of carbonyl (C=O) groups is 2.